The molecule has 1 unspecified atom stereocenters. The molecule has 0 heterocycles. The zero-order valence-electron chi connectivity index (χ0n) is 17.1. The molecule has 2 saturated carbocycles. The van der Waals surface area contributed by atoms with E-state index in [1.165, 1.54) is 25.0 Å². The van der Waals surface area contributed by atoms with E-state index in [0.717, 1.165) is 43.7 Å². The molecule has 168 valence electrons. The summed E-state index contributed by atoms with van der Waals surface area (Å²) in [6.07, 6.45) is 1.34. The fraction of sp³-hybridized carbons (Fsp3) is 0.500. The summed E-state index contributed by atoms with van der Waals surface area (Å²) >= 11 is 0. The van der Waals surface area contributed by atoms with Crippen LogP contribution in [0.2, 0.25) is 0 Å². The minimum absolute atomic E-state index is 0.0759. The number of benzene rings is 2. The Morgan fingerprint density at radius 2 is 1.45 bits per heavy atom. The number of alkyl halides is 3. The van der Waals surface area contributed by atoms with Crippen LogP contribution in [0.4, 0.5) is 26.3 Å². The van der Waals surface area contributed by atoms with Gasteiger partial charge in [0.2, 0.25) is 0 Å². The lowest BCUT2D eigenvalue weighted by Gasteiger charge is -2.41. The molecule has 2 aliphatic rings. The van der Waals surface area contributed by atoms with E-state index in [4.69, 9.17) is 0 Å². The molecule has 2 fully saturated rings. The quantitative estimate of drug-likeness (QED) is 0.438. The van der Waals surface area contributed by atoms with Crippen LogP contribution in [0.1, 0.15) is 56.9 Å². The number of halogens is 6. The number of hydrogen-bond acceptors (Lipinski definition) is 1. The summed E-state index contributed by atoms with van der Waals surface area (Å²) in [5, 5.41) is 0. The van der Waals surface area contributed by atoms with Crippen LogP contribution in [0.15, 0.2) is 30.3 Å². The third-order valence-corrected chi connectivity index (χ3v) is 6.86. The molecule has 0 bridgehead atoms. The van der Waals surface area contributed by atoms with E-state index < -0.39 is 35.1 Å². The first-order valence-electron chi connectivity index (χ1n) is 10.7. The molecular weight excluding hydrogens is 418 g/mol. The fourth-order valence-electron chi connectivity index (χ4n) is 5.39. The van der Waals surface area contributed by atoms with E-state index in [-0.39, 0.29) is 11.5 Å². The van der Waals surface area contributed by atoms with Gasteiger partial charge in [0.25, 0.3) is 0 Å². The van der Waals surface area contributed by atoms with Crippen molar-refractivity contribution in [1.82, 2.24) is 0 Å². The highest BCUT2D eigenvalue weighted by molar-refractivity contribution is 5.66. The van der Waals surface area contributed by atoms with Crippen LogP contribution in [0, 0.1) is 35.2 Å². The summed E-state index contributed by atoms with van der Waals surface area (Å²) in [5.74, 6) is -2.01. The average molecular weight is 442 g/mol. The molecule has 2 aromatic rings. The highest BCUT2D eigenvalue weighted by Crippen LogP contribution is 2.48. The smallest absolute Gasteiger partial charge is 0.403 e. The molecule has 0 N–H and O–H groups in total. The molecule has 4 rings (SSSR count). The molecule has 0 aromatic heterocycles. The lowest BCUT2D eigenvalue weighted by atomic mass is 9.64. The van der Waals surface area contributed by atoms with Crippen molar-refractivity contribution >= 4 is 0 Å². The van der Waals surface area contributed by atoms with Crippen molar-refractivity contribution in [2.24, 2.45) is 17.8 Å². The second-order valence-electron chi connectivity index (χ2n) is 9.00. The SMILES string of the molecule is CC1CC[C@@H]2C[C@H](c3cc(F)c(-c4ccc(OC(F)(F)F)c(F)c4)c(F)c3)CC[C@@H]2C1. The summed E-state index contributed by atoms with van der Waals surface area (Å²) in [6.45, 7) is 2.27. The van der Waals surface area contributed by atoms with Crippen molar-refractivity contribution in [2.75, 3.05) is 0 Å². The monoisotopic (exact) mass is 442 g/mol. The molecule has 31 heavy (non-hydrogen) atoms. The Hall–Kier alpha value is -2.18. The van der Waals surface area contributed by atoms with Crippen LogP contribution in [-0.2, 0) is 0 Å². The Morgan fingerprint density at radius 3 is 2.10 bits per heavy atom. The summed E-state index contributed by atoms with van der Waals surface area (Å²) in [5.41, 5.74) is -0.0479. The summed E-state index contributed by atoms with van der Waals surface area (Å²) in [4.78, 5) is 0. The van der Waals surface area contributed by atoms with Gasteiger partial charge in [0, 0.05) is 0 Å². The minimum Gasteiger partial charge on any atom is -0.403 e. The predicted molar refractivity (Wildman–Crippen MR) is 105 cm³/mol. The van der Waals surface area contributed by atoms with Gasteiger partial charge in [-0.3, -0.25) is 0 Å². The van der Waals surface area contributed by atoms with Gasteiger partial charge in [-0.15, -0.1) is 13.2 Å². The van der Waals surface area contributed by atoms with Crippen molar-refractivity contribution in [3.63, 3.8) is 0 Å². The normalized spacial score (nSPS) is 26.4. The van der Waals surface area contributed by atoms with Gasteiger partial charge in [0.05, 0.1) is 5.56 Å². The van der Waals surface area contributed by atoms with Crippen molar-refractivity contribution in [3.05, 3.63) is 53.3 Å². The highest BCUT2D eigenvalue weighted by Gasteiger charge is 2.35. The summed E-state index contributed by atoms with van der Waals surface area (Å²) < 4.78 is 84.2. The number of fused-ring (bicyclic) bond motifs is 1. The van der Waals surface area contributed by atoms with Gasteiger partial charge >= 0.3 is 6.36 Å². The van der Waals surface area contributed by atoms with Gasteiger partial charge in [-0.25, -0.2) is 13.2 Å². The van der Waals surface area contributed by atoms with Crippen LogP contribution in [0.3, 0.4) is 0 Å². The maximum atomic E-state index is 14.9. The van der Waals surface area contributed by atoms with Gasteiger partial charge in [-0.05, 0) is 91.2 Å². The van der Waals surface area contributed by atoms with Crippen molar-refractivity contribution in [1.29, 1.82) is 0 Å². The summed E-state index contributed by atoms with van der Waals surface area (Å²) in [7, 11) is 0. The first kappa shape index (κ1) is 22.0. The molecule has 0 aliphatic heterocycles. The molecule has 4 atom stereocenters. The number of ether oxygens (including phenoxy) is 1. The van der Waals surface area contributed by atoms with Crippen LogP contribution < -0.4 is 4.74 Å². The Balaban J connectivity index is 1.56. The van der Waals surface area contributed by atoms with Crippen molar-refractivity contribution < 1.29 is 31.1 Å². The lowest BCUT2D eigenvalue weighted by Crippen LogP contribution is -2.29. The van der Waals surface area contributed by atoms with Crippen LogP contribution in [-0.4, -0.2) is 6.36 Å². The first-order chi connectivity index (χ1) is 14.6. The topological polar surface area (TPSA) is 9.23 Å². The Bertz CT molecular complexity index is 931. The van der Waals surface area contributed by atoms with E-state index in [2.05, 4.69) is 11.7 Å². The third-order valence-electron chi connectivity index (χ3n) is 6.86. The minimum atomic E-state index is -5.06. The molecule has 0 radical (unpaired) electrons. The Morgan fingerprint density at radius 1 is 0.806 bits per heavy atom. The van der Waals surface area contributed by atoms with Gasteiger partial charge in [-0.2, -0.15) is 0 Å². The molecule has 0 amide bonds. The van der Waals surface area contributed by atoms with Crippen molar-refractivity contribution in [2.45, 2.75) is 57.7 Å². The van der Waals surface area contributed by atoms with Gasteiger partial charge < -0.3 is 4.74 Å². The van der Waals surface area contributed by atoms with Gasteiger partial charge in [0.15, 0.2) is 11.6 Å². The highest BCUT2D eigenvalue weighted by atomic mass is 19.4. The standard InChI is InChI=1S/C24H24F6O/c1-13-2-3-15-9-16(5-4-14(15)8-13)18-11-20(26)23(21(27)12-18)17-6-7-22(19(25)10-17)31-24(28,29)30/h6-7,10-16H,2-5,8-9H2,1H3/t13?,14-,15-,16-/m1/s1. The van der Waals surface area contributed by atoms with E-state index in [9.17, 15) is 26.3 Å². The first-order valence-corrected chi connectivity index (χ1v) is 10.7. The maximum absolute atomic E-state index is 14.9. The zero-order valence-corrected chi connectivity index (χ0v) is 17.1. The fourth-order valence-corrected chi connectivity index (χ4v) is 5.39. The van der Waals surface area contributed by atoms with E-state index in [1.807, 2.05) is 0 Å². The third kappa shape index (κ3) is 4.85. The van der Waals surface area contributed by atoms with Gasteiger partial charge in [0.1, 0.15) is 11.6 Å². The van der Waals surface area contributed by atoms with E-state index in [0.29, 0.717) is 23.5 Å². The maximum Gasteiger partial charge on any atom is 0.573 e. The summed E-state index contributed by atoms with van der Waals surface area (Å²) in [6, 6.07) is 4.95. The molecular formula is C24H24F6O. The van der Waals surface area contributed by atoms with Crippen LogP contribution in [0.25, 0.3) is 11.1 Å². The number of hydrogen-bond donors (Lipinski definition) is 0. The van der Waals surface area contributed by atoms with Crippen LogP contribution >= 0.6 is 0 Å². The largest absolute Gasteiger partial charge is 0.573 e. The van der Waals surface area contributed by atoms with Crippen molar-refractivity contribution in [3.8, 4) is 16.9 Å². The predicted octanol–water partition coefficient (Wildman–Crippen LogP) is 7.99. The second-order valence-corrected chi connectivity index (χ2v) is 9.00. The van der Waals surface area contributed by atoms with E-state index in [1.54, 1.807) is 0 Å². The average Bonchev–Trinajstić information content (AvgIpc) is 2.68. The Labute approximate surface area is 177 Å². The number of rotatable bonds is 3. The Kier molecular flexibility index (Phi) is 5.97. The van der Waals surface area contributed by atoms with Crippen LogP contribution in [0.5, 0.6) is 5.75 Å². The molecule has 0 saturated heterocycles. The molecule has 2 aliphatic carbocycles. The zero-order chi connectivity index (χ0) is 22.3. The molecule has 0 spiro atoms. The van der Waals surface area contributed by atoms with E-state index >= 15 is 0 Å². The van der Waals surface area contributed by atoms with Gasteiger partial charge in [-0.1, -0.05) is 19.4 Å². The molecule has 2 aromatic carbocycles. The lowest BCUT2D eigenvalue weighted by molar-refractivity contribution is -0.275. The molecule has 1 nitrogen and oxygen atoms in total. The second kappa shape index (κ2) is 8.40. The molecule has 7 heteroatoms.